The number of rotatable bonds is 5. The summed E-state index contributed by atoms with van der Waals surface area (Å²) in [6.07, 6.45) is 6.98. The standard InChI is InChI=1S/C17H20ClN5O/c18-14-9-13(16(19)24)11-22-17(14)21-10-12-4-5-20-15(8-12)23-6-2-1-3-7-23/h4-5,8-9,11H,1-3,6-7,10H2,(H2,19,24)(H,21,22). The Morgan fingerprint density at radius 3 is 2.75 bits per heavy atom. The van der Waals surface area contributed by atoms with Gasteiger partial charge in [-0.15, -0.1) is 0 Å². The summed E-state index contributed by atoms with van der Waals surface area (Å²) in [5, 5.41) is 3.56. The van der Waals surface area contributed by atoms with Gasteiger partial charge in [0, 0.05) is 32.0 Å². The normalized spacial score (nSPS) is 14.5. The average molecular weight is 346 g/mol. The van der Waals surface area contributed by atoms with E-state index in [2.05, 4.69) is 26.3 Å². The number of aromatic nitrogens is 2. The van der Waals surface area contributed by atoms with Crippen LogP contribution < -0.4 is 16.0 Å². The van der Waals surface area contributed by atoms with Crippen LogP contribution in [0.2, 0.25) is 5.02 Å². The number of nitrogens with zero attached hydrogens (tertiary/aromatic N) is 3. The summed E-state index contributed by atoms with van der Waals surface area (Å²) in [6, 6.07) is 5.57. The molecular weight excluding hydrogens is 326 g/mol. The molecule has 0 aromatic carbocycles. The van der Waals surface area contributed by atoms with Crippen molar-refractivity contribution in [3.63, 3.8) is 0 Å². The molecule has 1 amide bonds. The Morgan fingerprint density at radius 1 is 1.25 bits per heavy atom. The van der Waals surface area contributed by atoms with E-state index in [4.69, 9.17) is 17.3 Å². The summed E-state index contributed by atoms with van der Waals surface area (Å²) < 4.78 is 0. The van der Waals surface area contributed by atoms with E-state index in [1.807, 2.05) is 12.3 Å². The molecule has 0 spiro atoms. The van der Waals surface area contributed by atoms with Crippen LogP contribution in [0, 0.1) is 0 Å². The van der Waals surface area contributed by atoms with E-state index >= 15 is 0 Å². The van der Waals surface area contributed by atoms with Crippen LogP contribution in [0.1, 0.15) is 35.2 Å². The Labute approximate surface area is 146 Å². The molecule has 0 atom stereocenters. The first kappa shape index (κ1) is 16.5. The van der Waals surface area contributed by atoms with Crippen LogP contribution in [-0.2, 0) is 6.54 Å². The van der Waals surface area contributed by atoms with Gasteiger partial charge in [-0.3, -0.25) is 4.79 Å². The van der Waals surface area contributed by atoms with Crippen molar-refractivity contribution in [2.75, 3.05) is 23.3 Å². The number of pyridine rings is 2. The van der Waals surface area contributed by atoms with Gasteiger partial charge in [0.15, 0.2) is 0 Å². The van der Waals surface area contributed by atoms with E-state index < -0.39 is 5.91 Å². The van der Waals surface area contributed by atoms with Crippen molar-refractivity contribution in [1.82, 2.24) is 9.97 Å². The summed E-state index contributed by atoms with van der Waals surface area (Å²) in [4.78, 5) is 22.1. The summed E-state index contributed by atoms with van der Waals surface area (Å²) >= 11 is 6.14. The molecule has 6 nitrogen and oxygen atoms in total. The van der Waals surface area contributed by atoms with Crippen LogP contribution in [0.3, 0.4) is 0 Å². The molecule has 1 aliphatic heterocycles. The fourth-order valence-corrected chi connectivity index (χ4v) is 2.99. The number of hydrogen-bond donors (Lipinski definition) is 2. The highest BCUT2D eigenvalue weighted by Gasteiger charge is 2.12. The molecule has 3 heterocycles. The van der Waals surface area contributed by atoms with Gasteiger partial charge >= 0.3 is 0 Å². The van der Waals surface area contributed by atoms with E-state index in [1.165, 1.54) is 31.5 Å². The minimum absolute atomic E-state index is 0.293. The predicted octanol–water partition coefficient (Wildman–Crippen LogP) is 2.83. The van der Waals surface area contributed by atoms with Crippen molar-refractivity contribution in [2.45, 2.75) is 25.8 Å². The number of halogens is 1. The summed E-state index contributed by atoms with van der Waals surface area (Å²) in [5.74, 6) is 0.992. The quantitative estimate of drug-likeness (QED) is 0.870. The van der Waals surface area contributed by atoms with Gasteiger partial charge in [-0.1, -0.05) is 11.6 Å². The number of hydrogen-bond acceptors (Lipinski definition) is 5. The number of carbonyl (C=O) groups is 1. The molecule has 7 heteroatoms. The van der Waals surface area contributed by atoms with E-state index in [-0.39, 0.29) is 0 Å². The van der Waals surface area contributed by atoms with Gasteiger partial charge in [0.25, 0.3) is 0 Å². The molecule has 0 unspecified atom stereocenters. The molecule has 0 saturated carbocycles. The minimum atomic E-state index is -0.545. The monoisotopic (exact) mass is 345 g/mol. The molecule has 24 heavy (non-hydrogen) atoms. The van der Waals surface area contributed by atoms with Crippen molar-refractivity contribution in [2.24, 2.45) is 5.73 Å². The van der Waals surface area contributed by atoms with Crippen LogP contribution in [-0.4, -0.2) is 29.0 Å². The Kier molecular flexibility index (Phi) is 5.15. The average Bonchev–Trinajstić information content (AvgIpc) is 2.61. The largest absolute Gasteiger partial charge is 0.366 e. The number of nitrogens with one attached hydrogen (secondary N) is 1. The van der Waals surface area contributed by atoms with Crippen LogP contribution in [0.15, 0.2) is 30.6 Å². The maximum absolute atomic E-state index is 11.1. The molecule has 0 radical (unpaired) electrons. The van der Waals surface area contributed by atoms with E-state index in [1.54, 1.807) is 0 Å². The van der Waals surface area contributed by atoms with Crippen LogP contribution in [0.4, 0.5) is 11.6 Å². The number of primary amides is 1. The molecule has 1 aliphatic rings. The molecule has 1 saturated heterocycles. The second-order valence-corrected chi connectivity index (χ2v) is 6.25. The lowest BCUT2D eigenvalue weighted by atomic mass is 10.1. The van der Waals surface area contributed by atoms with Gasteiger partial charge in [-0.25, -0.2) is 9.97 Å². The highest BCUT2D eigenvalue weighted by Crippen LogP contribution is 2.22. The number of carbonyl (C=O) groups excluding carboxylic acids is 1. The lowest BCUT2D eigenvalue weighted by Crippen LogP contribution is -2.30. The molecular formula is C17H20ClN5O. The second kappa shape index (κ2) is 7.49. The topological polar surface area (TPSA) is 84.1 Å². The molecule has 126 valence electrons. The smallest absolute Gasteiger partial charge is 0.250 e. The zero-order valence-corrected chi connectivity index (χ0v) is 14.1. The van der Waals surface area contributed by atoms with Gasteiger partial charge < -0.3 is 16.0 Å². The summed E-state index contributed by atoms with van der Waals surface area (Å²) in [6.45, 7) is 2.70. The zero-order chi connectivity index (χ0) is 16.9. The first-order valence-corrected chi connectivity index (χ1v) is 8.40. The number of anilines is 2. The summed E-state index contributed by atoms with van der Waals surface area (Å²) in [7, 11) is 0. The first-order valence-electron chi connectivity index (χ1n) is 8.02. The molecule has 1 fully saturated rings. The van der Waals surface area contributed by atoms with Crippen molar-refractivity contribution in [1.29, 1.82) is 0 Å². The van der Waals surface area contributed by atoms with Crippen molar-refractivity contribution < 1.29 is 4.79 Å². The molecule has 0 aliphatic carbocycles. The molecule has 2 aromatic rings. The zero-order valence-electron chi connectivity index (χ0n) is 13.3. The van der Waals surface area contributed by atoms with Gasteiger partial charge in [0.1, 0.15) is 11.6 Å². The van der Waals surface area contributed by atoms with Gasteiger partial charge in [-0.05, 0) is 43.0 Å². The Balaban J connectivity index is 1.67. The SMILES string of the molecule is NC(=O)c1cnc(NCc2ccnc(N3CCCCC3)c2)c(Cl)c1. The van der Waals surface area contributed by atoms with Crippen LogP contribution in [0.25, 0.3) is 0 Å². The molecule has 2 aromatic heterocycles. The molecule has 0 bridgehead atoms. The number of piperidine rings is 1. The highest BCUT2D eigenvalue weighted by molar-refractivity contribution is 6.33. The van der Waals surface area contributed by atoms with Gasteiger partial charge in [-0.2, -0.15) is 0 Å². The van der Waals surface area contributed by atoms with Crippen LogP contribution in [0.5, 0.6) is 0 Å². The van der Waals surface area contributed by atoms with Crippen LogP contribution >= 0.6 is 11.6 Å². The molecule has 3 rings (SSSR count). The maximum atomic E-state index is 11.1. The van der Waals surface area contributed by atoms with E-state index in [9.17, 15) is 4.79 Å². The minimum Gasteiger partial charge on any atom is -0.366 e. The number of amides is 1. The lowest BCUT2D eigenvalue weighted by molar-refractivity contribution is 0.1000. The van der Waals surface area contributed by atoms with Gasteiger partial charge in [0.05, 0.1) is 10.6 Å². The first-order chi connectivity index (χ1) is 11.6. The Bertz CT molecular complexity index is 731. The highest BCUT2D eigenvalue weighted by atomic mass is 35.5. The fraction of sp³-hybridized carbons (Fsp3) is 0.353. The Morgan fingerprint density at radius 2 is 2.04 bits per heavy atom. The third kappa shape index (κ3) is 3.94. The van der Waals surface area contributed by atoms with Crippen molar-refractivity contribution in [3.8, 4) is 0 Å². The fourth-order valence-electron chi connectivity index (χ4n) is 2.76. The predicted molar refractivity (Wildman–Crippen MR) is 95.4 cm³/mol. The third-order valence-corrected chi connectivity index (χ3v) is 4.36. The summed E-state index contributed by atoms with van der Waals surface area (Å²) in [5.41, 5.74) is 6.61. The van der Waals surface area contributed by atoms with Crippen molar-refractivity contribution >= 4 is 29.1 Å². The number of nitrogens with two attached hydrogens (primary N) is 1. The molecule has 3 N–H and O–H groups in total. The van der Waals surface area contributed by atoms with E-state index in [0.29, 0.717) is 22.9 Å². The Hall–Kier alpha value is -2.34. The third-order valence-electron chi connectivity index (χ3n) is 4.08. The lowest BCUT2D eigenvalue weighted by Gasteiger charge is -2.27. The maximum Gasteiger partial charge on any atom is 0.250 e. The van der Waals surface area contributed by atoms with Gasteiger partial charge in [0.2, 0.25) is 5.91 Å². The van der Waals surface area contributed by atoms with Crippen molar-refractivity contribution in [3.05, 3.63) is 46.7 Å². The van der Waals surface area contributed by atoms with E-state index in [0.717, 1.165) is 24.5 Å². The second-order valence-electron chi connectivity index (χ2n) is 5.84.